The first-order valence-electron chi connectivity index (χ1n) is 5.48. The van der Waals surface area contributed by atoms with E-state index in [0.29, 0.717) is 6.61 Å². The number of carboxylic acid groups (broad SMARTS) is 1. The highest BCUT2D eigenvalue weighted by Crippen LogP contribution is 2.27. The Morgan fingerprint density at radius 2 is 2.28 bits per heavy atom. The molecule has 0 amide bonds. The van der Waals surface area contributed by atoms with Gasteiger partial charge >= 0.3 is 5.97 Å². The zero-order valence-corrected chi connectivity index (χ0v) is 11.8. The molecule has 4 nitrogen and oxygen atoms in total. The van der Waals surface area contributed by atoms with Gasteiger partial charge in [-0.3, -0.25) is 0 Å². The molecule has 2 N–H and O–H groups in total. The maximum atomic E-state index is 13.9. The molecule has 1 unspecified atom stereocenters. The fourth-order valence-electron chi connectivity index (χ4n) is 1.51. The molecule has 0 saturated carbocycles. The van der Waals surface area contributed by atoms with Gasteiger partial charge in [-0.05, 0) is 34.5 Å². The fraction of sp³-hybridized carbons (Fsp3) is 0.417. The van der Waals surface area contributed by atoms with Gasteiger partial charge < -0.3 is 15.2 Å². The molecule has 0 aromatic heterocycles. The number of methoxy groups -OCH3 is 1. The van der Waals surface area contributed by atoms with Gasteiger partial charge in [-0.1, -0.05) is 6.92 Å². The maximum absolute atomic E-state index is 13.9. The van der Waals surface area contributed by atoms with Crippen LogP contribution in [-0.4, -0.2) is 30.8 Å². The van der Waals surface area contributed by atoms with Crippen molar-refractivity contribution in [1.82, 2.24) is 0 Å². The topological polar surface area (TPSA) is 58.6 Å². The standard InChI is InChI=1S/C12H15BrFNO3/c1-3-7(6-18-2)15-9-5-4-8(12(16)17)10(13)11(9)14/h4-5,7,15H,3,6H2,1-2H3,(H,16,17). The number of aromatic carboxylic acids is 1. The molecule has 1 aromatic carbocycles. The molecule has 0 spiro atoms. The molecule has 0 aliphatic rings. The minimum absolute atomic E-state index is 0.0212. The summed E-state index contributed by atoms with van der Waals surface area (Å²) in [5.41, 5.74) is 0.161. The minimum atomic E-state index is -1.17. The number of halogens is 2. The summed E-state index contributed by atoms with van der Waals surface area (Å²) in [7, 11) is 1.57. The van der Waals surface area contributed by atoms with Gasteiger partial charge in [0.15, 0.2) is 5.82 Å². The van der Waals surface area contributed by atoms with Crippen molar-refractivity contribution < 1.29 is 19.0 Å². The molecule has 100 valence electrons. The molecule has 18 heavy (non-hydrogen) atoms. The highest BCUT2D eigenvalue weighted by Gasteiger charge is 2.17. The second kappa shape index (κ2) is 6.70. The Balaban J connectivity index is 2.98. The Hall–Kier alpha value is -1.14. The van der Waals surface area contributed by atoms with E-state index in [1.54, 1.807) is 7.11 Å². The average molecular weight is 320 g/mol. The molecule has 1 rings (SSSR count). The largest absolute Gasteiger partial charge is 0.478 e. The zero-order valence-electron chi connectivity index (χ0n) is 10.2. The van der Waals surface area contributed by atoms with Crippen molar-refractivity contribution in [2.24, 2.45) is 0 Å². The second-order valence-corrected chi connectivity index (χ2v) is 4.59. The summed E-state index contributed by atoms with van der Waals surface area (Å²) >= 11 is 2.96. The van der Waals surface area contributed by atoms with Crippen LogP contribution < -0.4 is 5.32 Å². The molecule has 0 saturated heterocycles. The predicted molar refractivity (Wildman–Crippen MR) is 70.6 cm³/mol. The predicted octanol–water partition coefficient (Wildman–Crippen LogP) is 3.12. The van der Waals surface area contributed by atoms with Crippen molar-refractivity contribution in [3.63, 3.8) is 0 Å². The van der Waals surface area contributed by atoms with Crippen LogP contribution in [0, 0.1) is 5.82 Å². The molecule has 1 atom stereocenters. The van der Waals surface area contributed by atoms with Gasteiger partial charge in [0.05, 0.1) is 22.3 Å². The van der Waals surface area contributed by atoms with E-state index < -0.39 is 11.8 Å². The van der Waals surface area contributed by atoms with Crippen molar-refractivity contribution in [2.75, 3.05) is 19.0 Å². The summed E-state index contributed by atoms with van der Waals surface area (Å²) in [6.07, 6.45) is 0.769. The lowest BCUT2D eigenvalue weighted by molar-refractivity contribution is 0.0695. The summed E-state index contributed by atoms with van der Waals surface area (Å²) in [5, 5.41) is 11.8. The monoisotopic (exact) mass is 319 g/mol. The Labute approximate surface area is 113 Å². The molecular weight excluding hydrogens is 305 g/mol. The fourth-order valence-corrected chi connectivity index (χ4v) is 2.02. The van der Waals surface area contributed by atoms with E-state index in [9.17, 15) is 9.18 Å². The third kappa shape index (κ3) is 3.43. The number of benzene rings is 1. The number of carboxylic acids is 1. The first-order valence-corrected chi connectivity index (χ1v) is 6.27. The van der Waals surface area contributed by atoms with Crippen molar-refractivity contribution in [2.45, 2.75) is 19.4 Å². The van der Waals surface area contributed by atoms with E-state index >= 15 is 0 Å². The first-order chi connectivity index (χ1) is 8.51. The third-order valence-electron chi connectivity index (χ3n) is 2.53. The molecule has 0 aliphatic heterocycles. The van der Waals surface area contributed by atoms with Crippen LogP contribution in [0.1, 0.15) is 23.7 Å². The smallest absolute Gasteiger partial charge is 0.336 e. The van der Waals surface area contributed by atoms with Crippen molar-refractivity contribution >= 4 is 27.6 Å². The van der Waals surface area contributed by atoms with E-state index in [0.717, 1.165) is 6.42 Å². The van der Waals surface area contributed by atoms with Gasteiger partial charge in [0.2, 0.25) is 0 Å². The Bertz CT molecular complexity index is 440. The maximum Gasteiger partial charge on any atom is 0.336 e. The lowest BCUT2D eigenvalue weighted by atomic mass is 10.1. The van der Waals surface area contributed by atoms with Crippen LogP contribution in [0.3, 0.4) is 0 Å². The van der Waals surface area contributed by atoms with Crippen LogP contribution in [0.4, 0.5) is 10.1 Å². The molecule has 0 fully saturated rings. The van der Waals surface area contributed by atoms with Crippen molar-refractivity contribution in [3.8, 4) is 0 Å². The van der Waals surface area contributed by atoms with Gasteiger partial charge in [-0.2, -0.15) is 0 Å². The summed E-state index contributed by atoms with van der Waals surface area (Å²) in [6.45, 7) is 2.41. The van der Waals surface area contributed by atoms with E-state index in [2.05, 4.69) is 21.2 Å². The van der Waals surface area contributed by atoms with Gasteiger partial charge in [0, 0.05) is 13.2 Å². The van der Waals surface area contributed by atoms with Crippen LogP contribution >= 0.6 is 15.9 Å². The van der Waals surface area contributed by atoms with Gasteiger partial charge in [0.1, 0.15) is 0 Å². The Morgan fingerprint density at radius 3 is 2.78 bits per heavy atom. The molecule has 0 aliphatic carbocycles. The summed E-state index contributed by atoms with van der Waals surface area (Å²) in [5.74, 6) is -1.78. The quantitative estimate of drug-likeness (QED) is 0.845. The normalized spacial score (nSPS) is 12.2. The number of carbonyl (C=O) groups is 1. The number of ether oxygens (including phenoxy) is 1. The number of rotatable bonds is 6. The van der Waals surface area contributed by atoms with Crippen LogP contribution in [0.2, 0.25) is 0 Å². The Morgan fingerprint density at radius 1 is 1.61 bits per heavy atom. The van der Waals surface area contributed by atoms with Gasteiger partial charge in [-0.25, -0.2) is 9.18 Å². The van der Waals surface area contributed by atoms with Crippen LogP contribution in [0.15, 0.2) is 16.6 Å². The van der Waals surface area contributed by atoms with Crippen molar-refractivity contribution in [1.29, 1.82) is 0 Å². The molecule has 1 aromatic rings. The molecule has 0 bridgehead atoms. The van der Waals surface area contributed by atoms with Crippen molar-refractivity contribution in [3.05, 3.63) is 28.0 Å². The summed E-state index contributed by atoms with van der Waals surface area (Å²) in [4.78, 5) is 10.8. The van der Waals surface area contributed by atoms with Crippen LogP contribution in [-0.2, 0) is 4.74 Å². The first kappa shape index (κ1) is 14.9. The van der Waals surface area contributed by atoms with Gasteiger partial charge in [0.25, 0.3) is 0 Å². The number of hydrogen-bond donors (Lipinski definition) is 2. The number of hydrogen-bond acceptors (Lipinski definition) is 3. The molecule has 0 radical (unpaired) electrons. The minimum Gasteiger partial charge on any atom is -0.478 e. The summed E-state index contributed by atoms with van der Waals surface area (Å²) in [6, 6.07) is 2.76. The highest BCUT2D eigenvalue weighted by atomic mass is 79.9. The highest BCUT2D eigenvalue weighted by molar-refractivity contribution is 9.10. The lowest BCUT2D eigenvalue weighted by Crippen LogP contribution is -2.24. The summed E-state index contributed by atoms with van der Waals surface area (Å²) < 4.78 is 18.9. The lowest BCUT2D eigenvalue weighted by Gasteiger charge is -2.18. The van der Waals surface area contributed by atoms with Crippen LogP contribution in [0.5, 0.6) is 0 Å². The second-order valence-electron chi connectivity index (χ2n) is 3.80. The van der Waals surface area contributed by atoms with Gasteiger partial charge in [-0.15, -0.1) is 0 Å². The third-order valence-corrected chi connectivity index (χ3v) is 3.31. The molecular formula is C12H15BrFNO3. The molecule has 0 heterocycles. The number of anilines is 1. The van der Waals surface area contributed by atoms with E-state index in [1.807, 2.05) is 6.92 Å². The van der Waals surface area contributed by atoms with E-state index in [1.165, 1.54) is 12.1 Å². The number of nitrogens with one attached hydrogen (secondary N) is 1. The van der Waals surface area contributed by atoms with E-state index in [-0.39, 0.29) is 21.8 Å². The van der Waals surface area contributed by atoms with Crippen LogP contribution in [0.25, 0.3) is 0 Å². The SMILES string of the molecule is CCC(COC)Nc1ccc(C(=O)O)c(Br)c1F. The van der Waals surface area contributed by atoms with E-state index in [4.69, 9.17) is 9.84 Å². The zero-order chi connectivity index (χ0) is 13.7. The Kier molecular flexibility index (Phi) is 5.55. The molecule has 6 heteroatoms. The average Bonchev–Trinajstić information content (AvgIpc) is 2.33.